The Morgan fingerprint density at radius 1 is 0.562 bits per heavy atom. The molecule has 0 aromatic heterocycles. The Hall–Kier alpha value is 0.503. The number of rotatable bonds is 1. The van der Waals surface area contributed by atoms with Crippen molar-refractivity contribution < 1.29 is 0 Å². The van der Waals surface area contributed by atoms with Crippen LogP contribution in [0, 0.1) is 0 Å². The van der Waals surface area contributed by atoms with Gasteiger partial charge in [-0.1, -0.05) is 0 Å². The molecule has 0 atom stereocenters. The maximum atomic E-state index is 2.62. The van der Waals surface area contributed by atoms with Crippen molar-refractivity contribution in [3.05, 3.63) is 0 Å². The Labute approximate surface area is 107 Å². The van der Waals surface area contributed by atoms with Gasteiger partial charge in [-0.3, -0.25) is 0 Å². The predicted molar refractivity (Wildman–Crippen MR) is 78.6 cm³/mol. The van der Waals surface area contributed by atoms with Gasteiger partial charge in [0.05, 0.1) is 0 Å². The van der Waals surface area contributed by atoms with Crippen molar-refractivity contribution in [2.24, 2.45) is 0 Å². The van der Waals surface area contributed by atoms with Crippen molar-refractivity contribution in [1.82, 2.24) is 3.86 Å². The van der Waals surface area contributed by atoms with Crippen molar-refractivity contribution in [3.8, 4) is 0 Å². The molecule has 2 heteroatoms. The van der Waals surface area contributed by atoms with E-state index in [9.17, 15) is 0 Å². The van der Waals surface area contributed by atoms with Crippen LogP contribution in [0.25, 0.3) is 0 Å². The standard InChI is InChI=1S/C14H33GeN/c1-12(2,3)15(16(10)11,13(4,5)6)14(7,8)9/h1-11H3. The summed E-state index contributed by atoms with van der Waals surface area (Å²) in [5.41, 5.74) is 0. The van der Waals surface area contributed by atoms with E-state index in [4.69, 9.17) is 0 Å². The van der Waals surface area contributed by atoms with Gasteiger partial charge in [0.1, 0.15) is 0 Å². The first kappa shape index (κ1) is 16.5. The van der Waals surface area contributed by atoms with Crippen LogP contribution in [0.2, 0.25) is 12.7 Å². The summed E-state index contributed by atoms with van der Waals surface area (Å²) >= 11 is -2.27. The molecule has 1 nitrogen and oxygen atoms in total. The van der Waals surface area contributed by atoms with Gasteiger partial charge in [-0.05, 0) is 0 Å². The third kappa shape index (κ3) is 2.36. The molecule has 0 saturated heterocycles. The van der Waals surface area contributed by atoms with Crippen LogP contribution >= 0.6 is 0 Å². The first-order valence-corrected chi connectivity index (χ1v) is 10.5. The Morgan fingerprint density at radius 3 is 0.750 bits per heavy atom. The van der Waals surface area contributed by atoms with Gasteiger partial charge in [0.15, 0.2) is 0 Å². The van der Waals surface area contributed by atoms with E-state index in [-0.39, 0.29) is 0 Å². The fourth-order valence-corrected chi connectivity index (χ4v) is 28.0. The van der Waals surface area contributed by atoms with Gasteiger partial charge >= 0.3 is 106 Å². The predicted octanol–water partition coefficient (Wildman–Crippen LogP) is 4.89. The first-order valence-electron chi connectivity index (χ1n) is 6.37. The second-order valence-corrected chi connectivity index (χ2v) is 22.7. The molecule has 0 bridgehead atoms. The van der Waals surface area contributed by atoms with Crippen molar-refractivity contribution in [1.29, 1.82) is 0 Å². The molecular weight excluding hydrogens is 255 g/mol. The Kier molecular flexibility index (Phi) is 4.45. The number of hydrogen-bond donors (Lipinski definition) is 0. The van der Waals surface area contributed by atoms with Gasteiger partial charge in [-0.2, -0.15) is 0 Å². The van der Waals surface area contributed by atoms with Gasteiger partial charge < -0.3 is 0 Å². The van der Waals surface area contributed by atoms with Gasteiger partial charge in [0, 0.05) is 0 Å². The van der Waals surface area contributed by atoms with Crippen molar-refractivity contribution in [3.63, 3.8) is 0 Å². The zero-order valence-corrected chi connectivity index (χ0v) is 15.5. The molecule has 0 aromatic rings. The van der Waals surface area contributed by atoms with E-state index in [2.05, 4.69) is 80.3 Å². The molecule has 0 rings (SSSR count). The van der Waals surface area contributed by atoms with Gasteiger partial charge in [0.25, 0.3) is 0 Å². The van der Waals surface area contributed by atoms with Gasteiger partial charge in [-0.15, -0.1) is 0 Å². The second-order valence-electron chi connectivity index (χ2n) is 8.35. The van der Waals surface area contributed by atoms with Crippen LogP contribution in [-0.4, -0.2) is 31.4 Å². The minimum absolute atomic E-state index is 0.417. The Morgan fingerprint density at radius 2 is 0.750 bits per heavy atom. The van der Waals surface area contributed by atoms with Crippen LogP contribution in [0.1, 0.15) is 62.3 Å². The van der Waals surface area contributed by atoms with Crippen LogP contribution in [0.15, 0.2) is 0 Å². The van der Waals surface area contributed by atoms with E-state index in [0.29, 0.717) is 12.7 Å². The van der Waals surface area contributed by atoms with Gasteiger partial charge in [-0.25, -0.2) is 0 Å². The van der Waals surface area contributed by atoms with Crippen molar-refractivity contribution in [2.75, 3.05) is 14.1 Å². The summed E-state index contributed by atoms with van der Waals surface area (Å²) in [5.74, 6) is 0. The molecule has 0 amide bonds. The minimum atomic E-state index is -2.27. The van der Waals surface area contributed by atoms with Gasteiger partial charge in [0.2, 0.25) is 0 Å². The SMILES string of the molecule is C[N](C)[Ge]([C](C)(C)C)([C](C)(C)C)[C](C)(C)C. The zero-order chi connectivity index (χ0) is 13.6. The first-order chi connectivity index (χ1) is 6.69. The summed E-state index contributed by atoms with van der Waals surface area (Å²) in [6.45, 7) is 22.0. The van der Waals surface area contributed by atoms with E-state index >= 15 is 0 Å². The molecule has 0 radical (unpaired) electrons. The molecule has 0 aliphatic carbocycles. The summed E-state index contributed by atoms with van der Waals surface area (Å²) in [4.78, 5) is 0. The normalized spacial score (nSPS) is 15.8. The summed E-state index contributed by atoms with van der Waals surface area (Å²) in [6.07, 6.45) is 0. The Balaban J connectivity index is 6.05. The monoisotopic (exact) mass is 289 g/mol. The molecule has 0 aliphatic rings. The molecule has 0 N–H and O–H groups in total. The Bertz CT molecular complexity index is 199. The average molecular weight is 288 g/mol. The van der Waals surface area contributed by atoms with Crippen molar-refractivity contribution >= 4 is 13.5 Å². The summed E-state index contributed by atoms with van der Waals surface area (Å²) in [7, 11) is 4.61. The molecule has 98 valence electrons. The van der Waals surface area contributed by atoms with Crippen LogP contribution in [0.5, 0.6) is 0 Å². The molecule has 0 fully saturated rings. The van der Waals surface area contributed by atoms with Crippen molar-refractivity contribution in [2.45, 2.75) is 75.1 Å². The average Bonchev–Trinajstić information content (AvgIpc) is 1.71. The molecule has 0 heterocycles. The van der Waals surface area contributed by atoms with Crippen LogP contribution < -0.4 is 0 Å². The van der Waals surface area contributed by atoms with E-state index in [1.54, 1.807) is 0 Å². The molecular formula is C14H33GeN. The van der Waals surface area contributed by atoms with Crippen LogP contribution in [0.4, 0.5) is 0 Å². The number of hydrogen-bond acceptors (Lipinski definition) is 1. The van der Waals surface area contributed by atoms with Crippen LogP contribution in [-0.2, 0) is 0 Å². The van der Waals surface area contributed by atoms with Crippen LogP contribution in [0.3, 0.4) is 0 Å². The maximum absolute atomic E-state index is 2.62. The van der Waals surface area contributed by atoms with E-state index in [1.807, 2.05) is 0 Å². The summed E-state index contributed by atoms with van der Waals surface area (Å²) < 4.78 is 3.88. The summed E-state index contributed by atoms with van der Waals surface area (Å²) in [5, 5.41) is 0. The quantitative estimate of drug-likeness (QED) is 0.621. The number of nitrogens with zero attached hydrogens (tertiary/aromatic N) is 1. The fourth-order valence-electron chi connectivity index (χ4n) is 5.39. The molecule has 16 heavy (non-hydrogen) atoms. The molecule has 0 spiro atoms. The third-order valence-corrected chi connectivity index (χ3v) is 20.4. The third-order valence-electron chi connectivity index (χ3n) is 3.93. The zero-order valence-electron chi connectivity index (χ0n) is 13.4. The molecule has 0 aliphatic heterocycles. The molecule has 0 unspecified atom stereocenters. The molecule has 0 aromatic carbocycles. The molecule has 0 saturated carbocycles. The second kappa shape index (κ2) is 4.31. The fraction of sp³-hybridized carbons (Fsp3) is 1.00. The topological polar surface area (TPSA) is 3.24 Å². The van der Waals surface area contributed by atoms with E-state index in [1.165, 1.54) is 0 Å². The van der Waals surface area contributed by atoms with E-state index < -0.39 is 13.5 Å². The van der Waals surface area contributed by atoms with E-state index in [0.717, 1.165) is 0 Å². The summed E-state index contributed by atoms with van der Waals surface area (Å²) in [6, 6.07) is 0.